The molecule has 3 rings (SSSR count). The average molecular weight is 423 g/mol. The minimum Gasteiger partial charge on any atom is -0.373 e. The Morgan fingerprint density at radius 2 is 1.85 bits per heavy atom. The fourth-order valence-electron chi connectivity index (χ4n) is 2.69. The minimum absolute atomic E-state index is 0.00150. The Labute approximate surface area is 157 Å². The molecule has 6 nitrogen and oxygen atoms in total. The number of hydrogen-bond acceptors (Lipinski definition) is 4. The molecule has 0 fully saturated rings. The second kappa shape index (κ2) is 7.27. The van der Waals surface area contributed by atoms with Gasteiger partial charge in [-0.3, -0.25) is 4.79 Å². The monoisotopic (exact) mass is 422 g/mol. The molecule has 0 saturated heterocycles. The van der Waals surface area contributed by atoms with Gasteiger partial charge in [-0.1, -0.05) is 23.7 Å². The van der Waals surface area contributed by atoms with E-state index in [1.54, 1.807) is 4.72 Å². The van der Waals surface area contributed by atoms with Crippen molar-refractivity contribution in [3.05, 3.63) is 63.0 Å². The molecule has 0 saturated carbocycles. The lowest BCUT2D eigenvalue weighted by Gasteiger charge is -2.23. The Bertz CT molecular complexity index is 1000. The molecule has 0 amide bonds. The summed E-state index contributed by atoms with van der Waals surface area (Å²) < 4.78 is 73.6. The Morgan fingerprint density at radius 1 is 1.19 bits per heavy atom. The van der Waals surface area contributed by atoms with Gasteiger partial charge in [0, 0.05) is 23.3 Å². The molecule has 1 aromatic heterocycles. The fourth-order valence-corrected chi connectivity index (χ4v) is 4.08. The SMILES string of the molecule is O=c1cc(S(=O)(=O)N[C@H](c2ccc(Cl)cc2)C(F)(F)F)cc2n1CCOC2. The zero-order valence-electron chi connectivity index (χ0n) is 13.7. The molecule has 0 unspecified atom stereocenters. The predicted molar refractivity (Wildman–Crippen MR) is 90.9 cm³/mol. The van der Waals surface area contributed by atoms with E-state index < -0.39 is 32.7 Å². The summed E-state index contributed by atoms with van der Waals surface area (Å²) in [4.78, 5) is 11.6. The number of ether oxygens (including phenoxy) is 1. The molecule has 146 valence electrons. The summed E-state index contributed by atoms with van der Waals surface area (Å²) in [6.45, 7) is 0.542. The van der Waals surface area contributed by atoms with Crippen molar-refractivity contribution in [1.29, 1.82) is 0 Å². The number of hydrogen-bond donors (Lipinski definition) is 1. The first kappa shape index (κ1) is 19.9. The predicted octanol–water partition coefficient (Wildman–Crippen LogP) is 2.61. The van der Waals surface area contributed by atoms with Crippen molar-refractivity contribution in [2.45, 2.75) is 30.3 Å². The summed E-state index contributed by atoms with van der Waals surface area (Å²) in [6, 6.07) is 4.07. The average Bonchev–Trinajstić information content (AvgIpc) is 2.60. The summed E-state index contributed by atoms with van der Waals surface area (Å²) in [5, 5.41) is 0.213. The summed E-state index contributed by atoms with van der Waals surface area (Å²) in [5.41, 5.74) is -0.663. The number of rotatable bonds is 4. The maximum Gasteiger partial charge on any atom is 0.408 e. The Morgan fingerprint density at radius 3 is 2.48 bits per heavy atom. The molecule has 1 N–H and O–H groups in total. The standard InChI is InChI=1S/C16H14ClF3N2O4S/c17-11-3-1-10(2-4-11)15(16(18,19)20)21-27(24,25)13-7-12-9-26-6-5-22(12)14(23)8-13/h1-4,7-8,15,21H,5-6,9H2/t15-/m1/s1. The highest BCUT2D eigenvalue weighted by Crippen LogP contribution is 2.34. The maximum atomic E-state index is 13.5. The van der Waals surface area contributed by atoms with E-state index in [2.05, 4.69) is 0 Å². The van der Waals surface area contributed by atoms with Crippen LogP contribution in [0.5, 0.6) is 0 Å². The van der Waals surface area contributed by atoms with Crippen LogP contribution >= 0.6 is 11.6 Å². The molecule has 27 heavy (non-hydrogen) atoms. The first-order valence-corrected chi connectivity index (χ1v) is 9.60. The summed E-state index contributed by atoms with van der Waals surface area (Å²) in [6.07, 6.45) is -4.90. The van der Waals surface area contributed by atoms with Gasteiger partial charge in [0.2, 0.25) is 10.0 Å². The highest BCUT2D eigenvalue weighted by molar-refractivity contribution is 7.89. The van der Waals surface area contributed by atoms with E-state index in [1.807, 2.05) is 0 Å². The molecule has 0 spiro atoms. The van der Waals surface area contributed by atoms with Gasteiger partial charge >= 0.3 is 6.18 Å². The van der Waals surface area contributed by atoms with Crippen LogP contribution in [-0.4, -0.2) is 25.8 Å². The molecule has 1 aromatic carbocycles. The lowest BCUT2D eigenvalue weighted by Crippen LogP contribution is -2.39. The highest BCUT2D eigenvalue weighted by Gasteiger charge is 2.43. The number of nitrogens with one attached hydrogen (secondary N) is 1. The van der Waals surface area contributed by atoms with Gasteiger partial charge in [0.1, 0.15) is 6.04 Å². The van der Waals surface area contributed by atoms with Crippen molar-refractivity contribution >= 4 is 21.6 Å². The third-order valence-corrected chi connectivity index (χ3v) is 5.66. The second-order valence-corrected chi connectivity index (χ2v) is 8.02. The Hall–Kier alpha value is -1.88. The lowest BCUT2D eigenvalue weighted by atomic mass is 10.1. The molecular formula is C16H14ClF3N2O4S. The Kier molecular flexibility index (Phi) is 5.35. The topological polar surface area (TPSA) is 77.4 Å². The number of nitrogens with zero attached hydrogens (tertiary/aromatic N) is 1. The lowest BCUT2D eigenvalue weighted by molar-refractivity contribution is -0.153. The fraction of sp³-hybridized carbons (Fsp3) is 0.312. The van der Waals surface area contributed by atoms with Gasteiger partial charge in [0.25, 0.3) is 5.56 Å². The van der Waals surface area contributed by atoms with Crippen LogP contribution < -0.4 is 10.3 Å². The van der Waals surface area contributed by atoms with Crippen LogP contribution in [0.2, 0.25) is 5.02 Å². The quantitative estimate of drug-likeness (QED) is 0.821. The summed E-state index contributed by atoms with van der Waals surface area (Å²) >= 11 is 5.68. The van der Waals surface area contributed by atoms with Gasteiger partial charge in [-0.05, 0) is 23.8 Å². The van der Waals surface area contributed by atoms with E-state index in [1.165, 1.54) is 16.7 Å². The maximum absolute atomic E-state index is 13.5. The molecule has 2 aromatic rings. The molecule has 1 aliphatic rings. The zero-order valence-corrected chi connectivity index (χ0v) is 15.2. The Balaban J connectivity index is 1.99. The third kappa shape index (κ3) is 4.34. The van der Waals surface area contributed by atoms with Crippen LogP contribution in [0, 0.1) is 0 Å². The molecule has 11 heteroatoms. The van der Waals surface area contributed by atoms with Gasteiger partial charge in [-0.15, -0.1) is 0 Å². The van der Waals surface area contributed by atoms with Crippen molar-refractivity contribution in [3.63, 3.8) is 0 Å². The second-order valence-electron chi connectivity index (χ2n) is 5.87. The summed E-state index contributed by atoms with van der Waals surface area (Å²) in [5.74, 6) is 0. The van der Waals surface area contributed by atoms with Crippen molar-refractivity contribution in [3.8, 4) is 0 Å². The minimum atomic E-state index is -4.90. The van der Waals surface area contributed by atoms with Crippen LogP contribution in [-0.2, 0) is 27.9 Å². The van der Waals surface area contributed by atoms with Gasteiger partial charge in [0.15, 0.2) is 0 Å². The van der Waals surface area contributed by atoms with E-state index in [0.29, 0.717) is 6.61 Å². The molecule has 2 heterocycles. The molecule has 0 aliphatic carbocycles. The smallest absolute Gasteiger partial charge is 0.373 e. The van der Waals surface area contributed by atoms with Crippen LogP contribution in [0.4, 0.5) is 13.2 Å². The number of alkyl halides is 3. The zero-order chi connectivity index (χ0) is 19.8. The molecule has 0 radical (unpaired) electrons. The van der Waals surface area contributed by atoms with Crippen molar-refractivity contribution in [1.82, 2.24) is 9.29 Å². The molecule has 1 atom stereocenters. The molecular weight excluding hydrogens is 409 g/mol. The van der Waals surface area contributed by atoms with E-state index in [4.69, 9.17) is 16.3 Å². The van der Waals surface area contributed by atoms with Crippen LogP contribution in [0.1, 0.15) is 17.3 Å². The van der Waals surface area contributed by atoms with Crippen molar-refractivity contribution in [2.24, 2.45) is 0 Å². The van der Waals surface area contributed by atoms with Gasteiger partial charge in [-0.25, -0.2) is 8.42 Å². The van der Waals surface area contributed by atoms with Crippen molar-refractivity contribution < 1.29 is 26.3 Å². The van der Waals surface area contributed by atoms with E-state index in [9.17, 15) is 26.4 Å². The van der Waals surface area contributed by atoms with E-state index >= 15 is 0 Å². The normalized spacial score (nSPS) is 16.0. The third-order valence-electron chi connectivity index (χ3n) is 4.01. The van der Waals surface area contributed by atoms with E-state index in [-0.39, 0.29) is 29.4 Å². The number of pyridine rings is 1. The van der Waals surface area contributed by atoms with Crippen LogP contribution in [0.15, 0.2) is 46.1 Å². The molecule has 0 bridgehead atoms. The first-order valence-electron chi connectivity index (χ1n) is 7.74. The van der Waals surface area contributed by atoms with Gasteiger partial charge in [0.05, 0.1) is 18.1 Å². The number of fused-ring (bicyclic) bond motifs is 1. The van der Waals surface area contributed by atoms with Crippen molar-refractivity contribution in [2.75, 3.05) is 6.61 Å². The summed E-state index contributed by atoms with van der Waals surface area (Å²) in [7, 11) is -4.63. The van der Waals surface area contributed by atoms with Gasteiger partial charge < -0.3 is 9.30 Å². The first-order chi connectivity index (χ1) is 12.6. The van der Waals surface area contributed by atoms with E-state index in [0.717, 1.165) is 24.3 Å². The number of halogens is 4. The largest absolute Gasteiger partial charge is 0.408 e. The number of sulfonamides is 1. The molecule has 1 aliphatic heterocycles. The highest BCUT2D eigenvalue weighted by atomic mass is 35.5. The number of aromatic nitrogens is 1. The van der Waals surface area contributed by atoms with Crippen LogP contribution in [0.25, 0.3) is 0 Å². The van der Waals surface area contributed by atoms with Crippen LogP contribution in [0.3, 0.4) is 0 Å². The van der Waals surface area contributed by atoms with Gasteiger partial charge in [-0.2, -0.15) is 17.9 Å². The number of benzene rings is 1.